The Morgan fingerprint density at radius 2 is 1.78 bits per heavy atom. The minimum absolute atomic E-state index is 0.000214. The molecule has 0 saturated carbocycles. The number of H-pyrrole nitrogens is 1. The summed E-state index contributed by atoms with van der Waals surface area (Å²) in [6.07, 6.45) is -1.71. The van der Waals surface area contributed by atoms with E-state index in [1.165, 1.54) is 13.8 Å². The lowest BCUT2D eigenvalue weighted by molar-refractivity contribution is -0.0280. The summed E-state index contributed by atoms with van der Waals surface area (Å²) in [5.74, 6) is -2.15. The summed E-state index contributed by atoms with van der Waals surface area (Å²) in [5.41, 5.74) is 0.787. The number of hydrogen-bond acceptors (Lipinski definition) is 3. The van der Waals surface area contributed by atoms with Crippen LogP contribution in [-0.2, 0) is 6.42 Å². The first kappa shape index (κ1) is 26.0. The maximum Gasteiger partial charge on any atom is 0.243 e. The van der Waals surface area contributed by atoms with E-state index in [-0.39, 0.29) is 43.6 Å². The van der Waals surface area contributed by atoms with Gasteiger partial charge in [0.2, 0.25) is 6.43 Å². The predicted molar refractivity (Wildman–Crippen MR) is 133 cm³/mol. The average Bonchev–Trinajstić information content (AvgIpc) is 3.13. The van der Waals surface area contributed by atoms with Gasteiger partial charge in [-0.2, -0.15) is 0 Å². The lowest BCUT2D eigenvalue weighted by atomic mass is 9.87. The maximum atomic E-state index is 15.6. The number of nitrogens with zero attached hydrogens (tertiary/aromatic N) is 2. The van der Waals surface area contributed by atoms with Crippen LogP contribution in [0, 0.1) is 17.6 Å². The fourth-order valence-electron chi connectivity index (χ4n) is 5.65. The van der Waals surface area contributed by atoms with Crippen molar-refractivity contribution in [1.29, 1.82) is 0 Å². The molecular formula is C28H32F5N3O. The molecule has 2 atom stereocenters. The molecule has 1 N–H and O–H groups in total. The molecule has 1 aromatic heterocycles. The van der Waals surface area contributed by atoms with Crippen molar-refractivity contribution in [3.63, 3.8) is 0 Å². The predicted octanol–water partition coefficient (Wildman–Crippen LogP) is 6.11. The number of nitrogens with one attached hydrogen (secondary N) is 1. The molecule has 0 amide bonds. The van der Waals surface area contributed by atoms with Crippen molar-refractivity contribution < 1.29 is 26.7 Å². The highest BCUT2D eigenvalue weighted by molar-refractivity contribution is 5.85. The highest BCUT2D eigenvalue weighted by Crippen LogP contribution is 2.43. The van der Waals surface area contributed by atoms with Gasteiger partial charge in [0.1, 0.15) is 29.7 Å². The molecule has 0 unspecified atom stereocenters. The Morgan fingerprint density at radius 3 is 2.43 bits per heavy atom. The van der Waals surface area contributed by atoms with Crippen molar-refractivity contribution in [2.75, 3.05) is 32.8 Å². The third-order valence-electron chi connectivity index (χ3n) is 7.42. The molecule has 3 heterocycles. The number of aromatic nitrogens is 1. The standard InChI is InChI=1S/C28H32F5N3O/c1-16-10-20-19-6-4-5-7-23(19)34-25(20)26(36(16)15-28(2,3)33)24-21(29)11-18(12-22(24)30)37-9-8-35-13-17(14-35)27(31)32/h4-7,11-12,16-17,26-27,34H,8-10,13-15H2,1-3H3/t16-,26-/m1/s1. The zero-order valence-electron chi connectivity index (χ0n) is 21.2. The Kier molecular flexibility index (Phi) is 6.96. The first-order valence-corrected chi connectivity index (χ1v) is 12.7. The van der Waals surface area contributed by atoms with Crippen molar-refractivity contribution in [2.45, 2.75) is 51.4 Å². The molecule has 1 saturated heterocycles. The SMILES string of the molecule is C[C@@H]1Cc2c([nH]c3ccccc23)[C@@H](c2c(F)cc(OCCN3CC(C(F)F)C3)cc2F)N1CC(C)(C)F. The molecule has 4 nitrogen and oxygen atoms in total. The third kappa shape index (κ3) is 5.21. The number of ether oxygens (including phenoxy) is 1. The lowest BCUT2D eigenvalue weighted by Gasteiger charge is -2.43. The Balaban J connectivity index is 1.44. The van der Waals surface area contributed by atoms with Crippen molar-refractivity contribution in [1.82, 2.24) is 14.8 Å². The minimum atomic E-state index is -2.34. The van der Waals surface area contributed by atoms with E-state index in [1.807, 2.05) is 41.0 Å². The van der Waals surface area contributed by atoms with Crippen LogP contribution < -0.4 is 4.74 Å². The largest absolute Gasteiger partial charge is 0.492 e. The first-order valence-electron chi connectivity index (χ1n) is 12.7. The van der Waals surface area contributed by atoms with Crippen LogP contribution in [0.2, 0.25) is 0 Å². The zero-order chi connectivity index (χ0) is 26.5. The zero-order valence-corrected chi connectivity index (χ0v) is 21.2. The van der Waals surface area contributed by atoms with E-state index in [9.17, 15) is 13.2 Å². The molecule has 3 aromatic rings. The summed E-state index contributed by atoms with van der Waals surface area (Å²) >= 11 is 0. The second kappa shape index (κ2) is 9.91. The normalized spacial score (nSPS) is 21.4. The van der Waals surface area contributed by atoms with Gasteiger partial charge < -0.3 is 9.72 Å². The Morgan fingerprint density at radius 1 is 1.11 bits per heavy atom. The Bertz CT molecular complexity index is 1240. The molecule has 0 bridgehead atoms. The van der Waals surface area contributed by atoms with Gasteiger partial charge in [0.25, 0.3) is 0 Å². The average molecular weight is 522 g/mol. The maximum absolute atomic E-state index is 15.6. The number of rotatable bonds is 8. The number of likely N-dealkylation sites (tertiary alicyclic amines) is 1. The number of hydrogen-bond donors (Lipinski definition) is 1. The van der Waals surface area contributed by atoms with Gasteiger partial charge in [0.05, 0.1) is 6.04 Å². The van der Waals surface area contributed by atoms with E-state index in [2.05, 4.69) is 4.98 Å². The van der Waals surface area contributed by atoms with Crippen LogP contribution in [-0.4, -0.2) is 65.7 Å². The molecule has 37 heavy (non-hydrogen) atoms. The van der Waals surface area contributed by atoms with Gasteiger partial charge >= 0.3 is 0 Å². The Hall–Kier alpha value is -2.65. The highest BCUT2D eigenvalue weighted by Gasteiger charge is 2.41. The summed E-state index contributed by atoms with van der Waals surface area (Å²) in [5, 5.41) is 0.995. The smallest absolute Gasteiger partial charge is 0.243 e. The highest BCUT2D eigenvalue weighted by atomic mass is 19.3. The summed E-state index contributed by atoms with van der Waals surface area (Å²) in [6.45, 7) is 5.97. The van der Waals surface area contributed by atoms with Crippen LogP contribution >= 0.6 is 0 Å². The molecule has 1 fully saturated rings. The summed E-state index contributed by atoms with van der Waals surface area (Å²) in [4.78, 5) is 6.99. The van der Waals surface area contributed by atoms with Gasteiger partial charge in [-0.1, -0.05) is 18.2 Å². The second-order valence-corrected chi connectivity index (χ2v) is 10.9. The summed E-state index contributed by atoms with van der Waals surface area (Å²) in [7, 11) is 0. The molecule has 0 radical (unpaired) electrons. The van der Waals surface area contributed by atoms with Crippen LogP contribution in [0.1, 0.15) is 43.6 Å². The van der Waals surface area contributed by atoms with Crippen LogP contribution in [0.4, 0.5) is 22.0 Å². The van der Waals surface area contributed by atoms with Crippen molar-refractivity contribution in [3.8, 4) is 5.75 Å². The van der Waals surface area contributed by atoms with Gasteiger partial charge in [-0.3, -0.25) is 9.80 Å². The quantitative estimate of drug-likeness (QED) is 0.363. The minimum Gasteiger partial charge on any atom is -0.492 e. The van der Waals surface area contributed by atoms with Crippen molar-refractivity contribution >= 4 is 10.9 Å². The van der Waals surface area contributed by atoms with Crippen LogP contribution in [0.25, 0.3) is 10.9 Å². The number of benzene rings is 2. The van der Waals surface area contributed by atoms with E-state index in [4.69, 9.17) is 4.74 Å². The van der Waals surface area contributed by atoms with E-state index in [0.717, 1.165) is 28.6 Å². The number of alkyl halides is 3. The van der Waals surface area contributed by atoms with Gasteiger partial charge in [0.15, 0.2) is 0 Å². The van der Waals surface area contributed by atoms with E-state index in [0.29, 0.717) is 18.7 Å². The number of aromatic amines is 1. The van der Waals surface area contributed by atoms with E-state index >= 15 is 8.78 Å². The molecule has 2 aromatic carbocycles. The van der Waals surface area contributed by atoms with E-state index in [1.54, 1.807) is 0 Å². The molecule has 0 spiro atoms. The van der Waals surface area contributed by atoms with Crippen molar-refractivity contribution in [3.05, 3.63) is 64.9 Å². The first-order chi connectivity index (χ1) is 17.5. The molecule has 9 heteroatoms. The molecule has 0 aliphatic carbocycles. The van der Waals surface area contributed by atoms with E-state index < -0.39 is 35.7 Å². The number of fused-ring (bicyclic) bond motifs is 3. The third-order valence-corrected chi connectivity index (χ3v) is 7.42. The second-order valence-electron chi connectivity index (χ2n) is 10.9. The van der Waals surface area contributed by atoms with Gasteiger partial charge in [0, 0.05) is 72.4 Å². The molecular weight excluding hydrogens is 489 g/mol. The summed E-state index contributed by atoms with van der Waals surface area (Å²) < 4.78 is 77.0. The number of para-hydroxylation sites is 1. The van der Waals surface area contributed by atoms with Gasteiger partial charge in [-0.15, -0.1) is 0 Å². The van der Waals surface area contributed by atoms with Gasteiger partial charge in [-0.05, 0) is 38.8 Å². The fourth-order valence-corrected chi connectivity index (χ4v) is 5.65. The molecule has 200 valence electrons. The van der Waals surface area contributed by atoms with Crippen LogP contribution in [0.15, 0.2) is 36.4 Å². The number of halogens is 5. The molecule has 5 rings (SSSR count). The van der Waals surface area contributed by atoms with Gasteiger partial charge in [-0.25, -0.2) is 22.0 Å². The van der Waals surface area contributed by atoms with Crippen LogP contribution in [0.5, 0.6) is 5.75 Å². The fraction of sp³-hybridized carbons (Fsp3) is 0.500. The summed E-state index contributed by atoms with van der Waals surface area (Å²) in [6, 6.07) is 9.02. The monoisotopic (exact) mass is 521 g/mol. The van der Waals surface area contributed by atoms with Crippen molar-refractivity contribution in [2.24, 2.45) is 5.92 Å². The Labute approximate surface area is 213 Å². The lowest BCUT2D eigenvalue weighted by Crippen LogP contribution is -2.51. The molecule has 2 aliphatic rings. The molecule has 2 aliphatic heterocycles. The topological polar surface area (TPSA) is 31.5 Å². The van der Waals surface area contributed by atoms with Crippen LogP contribution in [0.3, 0.4) is 0 Å².